The topological polar surface area (TPSA) is 53.6 Å². The molecule has 0 aliphatic rings. The summed E-state index contributed by atoms with van der Waals surface area (Å²) in [6, 6.07) is 7.08. The second-order valence-corrected chi connectivity index (χ2v) is 4.90. The van der Waals surface area contributed by atoms with Gasteiger partial charge < -0.3 is 9.88 Å². The second-order valence-electron chi connectivity index (χ2n) is 4.90. The summed E-state index contributed by atoms with van der Waals surface area (Å²) in [4.78, 5) is 4.27. The van der Waals surface area contributed by atoms with Crippen molar-refractivity contribution in [1.29, 1.82) is 5.26 Å². The van der Waals surface area contributed by atoms with E-state index in [9.17, 15) is 4.39 Å². The second kappa shape index (κ2) is 6.31. The molecule has 4 nitrogen and oxygen atoms in total. The number of imidazole rings is 1. The summed E-state index contributed by atoms with van der Waals surface area (Å²) >= 11 is 0. The van der Waals surface area contributed by atoms with Crippen molar-refractivity contribution in [2.24, 2.45) is 0 Å². The van der Waals surface area contributed by atoms with Crippen LogP contribution in [0.25, 0.3) is 0 Å². The number of nitriles is 1. The summed E-state index contributed by atoms with van der Waals surface area (Å²) in [5, 5.41) is 12.1. The molecule has 5 heteroatoms. The molecule has 0 aliphatic heterocycles. The van der Waals surface area contributed by atoms with Gasteiger partial charge in [-0.1, -0.05) is 26.0 Å². The van der Waals surface area contributed by atoms with Crippen molar-refractivity contribution in [1.82, 2.24) is 14.9 Å². The van der Waals surface area contributed by atoms with E-state index in [0.717, 1.165) is 5.82 Å². The van der Waals surface area contributed by atoms with Gasteiger partial charge in [-0.05, 0) is 6.07 Å². The molecular weight excluding hydrogens is 255 g/mol. The third kappa shape index (κ3) is 3.22. The Bertz CT molecular complexity index is 625. The lowest BCUT2D eigenvalue weighted by atomic mass is 10.1. The molecule has 0 radical (unpaired) electrons. The zero-order valence-corrected chi connectivity index (χ0v) is 11.6. The first kappa shape index (κ1) is 14.2. The first-order chi connectivity index (χ1) is 9.61. The highest BCUT2D eigenvalue weighted by atomic mass is 19.1. The minimum absolute atomic E-state index is 0.0736. The van der Waals surface area contributed by atoms with Crippen LogP contribution in [0, 0.1) is 17.1 Å². The number of halogens is 1. The van der Waals surface area contributed by atoms with E-state index >= 15 is 0 Å². The number of aromatic nitrogens is 2. The molecule has 0 spiro atoms. The molecule has 2 rings (SSSR count). The van der Waals surface area contributed by atoms with Crippen molar-refractivity contribution in [2.45, 2.75) is 33.0 Å². The lowest BCUT2D eigenvalue weighted by Gasteiger charge is -2.11. The minimum atomic E-state index is -0.452. The summed E-state index contributed by atoms with van der Waals surface area (Å²) in [5.41, 5.74) is 0.567. The maximum atomic E-state index is 14.0. The average Bonchev–Trinajstić information content (AvgIpc) is 2.86. The number of rotatable bonds is 5. The van der Waals surface area contributed by atoms with Gasteiger partial charge in [0.25, 0.3) is 0 Å². The highest BCUT2D eigenvalue weighted by Crippen LogP contribution is 2.14. The quantitative estimate of drug-likeness (QED) is 0.909. The number of nitrogens with zero attached hydrogens (tertiary/aromatic N) is 3. The molecule has 0 saturated heterocycles. The number of hydrogen-bond acceptors (Lipinski definition) is 3. The fourth-order valence-corrected chi connectivity index (χ4v) is 1.92. The molecule has 20 heavy (non-hydrogen) atoms. The van der Waals surface area contributed by atoms with Gasteiger partial charge in [0.1, 0.15) is 17.7 Å². The van der Waals surface area contributed by atoms with Crippen LogP contribution in [0.4, 0.5) is 4.39 Å². The van der Waals surface area contributed by atoms with Gasteiger partial charge in [0.05, 0.1) is 18.7 Å². The van der Waals surface area contributed by atoms with E-state index < -0.39 is 5.82 Å². The van der Waals surface area contributed by atoms with Gasteiger partial charge in [-0.3, -0.25) is 0 Å². The maximum Gasteiger partial charge on any atom is 0.145 e. The van der Waals surface area contributed by atoms with Gasteiger partial charge in [0, 0.05) is 24.0 Å². The van der Waals surface area contributed by atoms with E-state index in [1.54, 1.807) is 18.3 Å². The maximum absolute atomic E-state index is 14.0. The first-order valence-electron chi connectivity index (χ1n) is 6.52. The van der Waals surface area contributed by atoms with Crippen molar-refractivity contribution in [3.63, 3.8) is 0 Å². The molecule has 0 fully saturated rings. The first-order valence-corrected chi connectivity index (χ1v) is 6.52. The monoisotopic (exact) mass is 272 g/mol. The molecule has 1 heterocycles. The van der Waals surface area contributed by atoms with Crippen molar-refractivity contribution >= 4 is 0 Å². The van der Waals surface area contributed by atoms with Gasteiger partial charge in [-0.15, -0.1) is 0 Å². The summed E-state index contributed by atoms with van der Waals surface area (Å²) in [7, 11) is 0. The molecule has 1 aromatic heterocycles. The largest absolute Gasteiger partial charge is 0.329 e. The molecule has 0 saturated carbocycles. The Labute approximate surface area is 117 Å². The molecule has 1 N–H and O–H groups in total. The van der Waals surface area contributed by atoms with Crippen LogP contribution in [0.15, 0.2) is 30.6 Å². The Morgan fingerprint density at radius 3 is 2.95 bits per heavy atom. The number of nitrogens with one attached hydrogen (secondary N) is 1. The minimum Gasteiger partial charge on any atom is -0.329 e. The van der Waals surface area contributed by atoms with Gasteiger partial charge in [0.15, 0.2) is 0 Å². The summed E-state index contributed by atoms with van der Waals surface area (Å²) < 4.78 is 15.9. The van der Waals surface area contributed by atoms with Crippen LogP contribution in [0.1, 0.15) is 30.8 Å². The summed E-state index contributed by atoms with van der Waals surface area (Å²) in [6.07, 6.45) is 3.51. The van der Waals surface area contributed by atoms with Crippen LogP contribution < -0.4 is 5.32 Å². The van der Waals surface area contributed by atoms with E-state index in [-0.39, 0.29) is 5.56 Å². The number of benzene rings is 1. The fourth-order valence-electron chi connectivity index (χ4n) is 1.92. The highest BCUT2D eigenvalue weighted by Gasteiger charge is 2.10. The normalized spacial score (nSPS) is 10.8. The Hall–Kier alpha value is -2.19. The van der Waals surface area contributed by atoms with Gasteiger partial charge in [-0.25, -0.2) is 9.37 Å². The molecule has 0 unspecified atom stereocenters. The lowest BCUT2D eigenvalue weighted by Crippen LogP contribution is -2.24. The molecule has 104 valence electrons. The standard InChI is InChI=1S/C15H17FN4/c1-11(2)19-9-14-18-6-7-20(14)10-13-5-3-4-12(8-17)15(13)16/h3-7,11,19H,9-10H2,1-2H3. The Kier molecular flexibility index (Phi) is 4.49. The smallest absolute Gasteiger partial charge is 0.145 e. The van der Waals surface area contributed by atoms with Crippen LogP contribution in [0.2, 0.25) is 0 Å². The fraction of sp³-hybridized carbons (Fsp3) is 0.333. The Morgan fingerprint density at radius 2 is 2.25 bits per heavy atom. The van der Waals surface area contributed by atoms with Crippen LogP contribution in [0.3, 0.4) is 0 Å². The van der Waals surface area contributed by atoms with E-state index in [2.05, 4.69) is 24.1 Å². The average molecular weight is 272 g/mol. The summed E-state index contributed by atoms with van der Waals surface area (Å²) in [5.74, 6) is 0.395. The third-order valence-corrected chi connectivity index (χ3v) is 3.01. The molecule has 0 bridgehead atoms. The van der Waals surface area contributed by atoms with E-state index in [1.165, 1.54) is 6.07 Å². The zero-order valence-electron chi connectivity index (χ0n) is 11.6. The van der Waals surface area contributed by atoms with E-state index in [4.69, 9.17) is 5.26 Å². The molecule has 0 aliphatic carbocycles. The van der Waals surface area contributed by atoms with Gasteiger partial charge in [-0.2, -0.15) is 5.26 Å². The van der Waals surface area contributed by atoms with Crippen molar-refractivity contribution in [2.75, 3.05) is 0 Å². The number of hydrogen-bond donors (Lipinski definition) is 1. The van der Waals surface area contributed by atoms with E-state index in [0.29, 0.717) is 24.7 Å². The van der Waals surface area contributed by atoms with Crippen molar-refractivity contribution < 1.29 is 4.39 Å². The lowest BCUT2D eigenvalue weighted by molar-refractivity contribution is 0.547. The van der Waals surface area contributed by atoms with E-state index in [1.807, 2.05) is 16.8 Å². The predicted molar refractivity (Wildman–Crippen MR) is 74.4 cm³/mol. The molecule has 1 aromatic carbocycles. The van der Waals surface area contributed by atoms with Gasteiger partial charge >= 0.3 is 0 Å². The SMILES string of the molecule is CC(C)NCc1nccn1Cc1cccc(C#N)c1F. The molecular formula is C15H17FN4. The van der Waals surface area contributed by atoms with Crippen molar-refractivity contribution in [3.05, 3.63) is 53.4 Å². The molecule has 0 atom stereocenters. The van der Waals surface area contributed by atoms with Gasteiger partial charge in [0.2, 0.25) is 0 Å². The molecule has 0 amide bonds. The highest BCUT2D eigenvalue weighted by molar-refractivity contribution is 5.35. The third-order valence-electron chi connectivity index (χ3n) is 3.01. The summed E-state index contributed by atoms with van der Waals surface area (Å²) in [6.45, 7) is 5.12. The van der Waals surface area contributed by atoms with Crippen LogP contribution in [-0.2, 0) is 13.1 Å². The van der Waals surface area contributed by atoms with Crippen molar-refractivity contribution in [3.8, 4) is 6.07 Å². The molecule has 2 aromatic rings. The zero-order chi connectivity index (χ0) is 14.5. The predicted octanol–water partition coefficient (Wildman–Crippen LogP) is 2.44. The Balaban J connectivity index is 2.19. The Morgan fingerprint density at radius 1 is 1.45 bits per heavy atom. The van der Waals surface area contributed by atoms with Crippen LogP contribution in [-0.4, -0.2) is 15.6 Å². The van der Waals surface area contributed by atoms with Crippen LogP contribution >= 0.6 is 0 Å². The van der Waals surface area contributed by atoms with Crippen LogP contribution in [0.5, 0.6) is 0 Å².